The fourth-order valence-corrected chi connectivity index (χ4v) is 2.23. The Balaban J connectivity index is 1.89. The third kappa shape index (κ3) is 4.57. The first-order valence-corrected chi connectivity index (χ1v) is 7.54. The van der Waals surface area contributed by atoms with Gasteiger partial charge in [0.25, 0.3) is 0 Å². The predicted molar refractivity (Wildman–Crippen MR) is 89.3 cm³/mol. The Bertz CT molecular complexity index is 654. The van der Waals surface area contributed by atoms with Crippen LogP contribution >= 0.6 is 0 Å². The normalized spacial score (nSPS) is 10.1. The zero-order valence-corrected chi connectivity index (χ0v) is 13.0. The van der Waals surface area contributed by atoms with Crippen LogP contribution in [-0.4, -0.2) is 30.0 Å². The number of anilines is 1. The number of phenols is 1. The van der Waals surface area contributed by atoms with E-state index >= 15 is 0 Å². The van der Waals surface area contributed by atoms with Crippen molar-refractivity contribution in [3.63, 3.8) is 0 Å². The summed E-state index contributed by atoms with van der Waals surface area (Å²) in [5, 5.41) is 11.9. The molecule has 23 heavy (non-hydrogen) atoms. The molecule has 0 aliphatic carbocycles. The Kier molecular flexibility index (Phi) is 5.74. The highest BCUT2D eigenvalue weighted by Crippen LogP contribution is 2.13. The lowest BCUT2D eigenvalue weighted by Gasteiger charge is -2.20. The van der Waals surface area contributed by atoms with Gasteiger partial charge in [-0.25, -0.2) is 0 Å². The molecule has 0 heterocycles. The van der Waals surface area contributed by atoms with Gasteiger partial charge in [0.1, 0.15) is 5.75 Å². The Hall–Kier alpha value is -2.82. The molecule has 0 saturated carbocycles. The SMILES string of the molecule is CCN(C(=O)C(=O)NCCc1ccc(O)cc1)c1ccccc1. The van der Waals surface area contributed by atoms with Crippen LogP contribution in [0.25, 0.3) is 0 Å². The molecule has 2 N–H and O–H groups in total. The molecule has 5 nitrogen and oxygen atoms in total. The number of nitrogens with zero attached hydrogens (tertiary/aromatic N) is 1. The highest BCUT2D eigenvalue weighted by atomic mass is 16.3. The molecule has 5 heteroatoms. The molecule has 0 fully saturated rings. The summed E-state index contributed by atoms with van der Waals surface area (Å²) in [6, 6.07) is 15.9. The van der Waals surface area contributed by atoms with Crippen molar-refractivity contribution in [2.75, 3.05) is 18.0 Å². The Morgan fingerprint density at radius 1 is 1.04 bits per heavy atom. The zero-order valence-electron chi connectivity index (χ0n) is 13.0. The molecule has 0 aliphatic rings. The number of amides is 2. The third-order valence-corrected chi connectivity index (χ3v) is 3.46. The van der Waals surface area contributed by atoms with Crippen LogP contribution in [0.5, 0.6) is 5.75 Å². The monoisotopic (exact) mass is 312 g/mol. The summed E-state index contributed by atoms with van der Waals surface area (Å²) in [6.45, 7) is 2.62. The molecule has 0 saturated heterocycles. The Morgan fingerprint density at radius 3 is 2.30 bits per heavy atom. The fraction of sp³-hybridized carbons (Fsp3) is 0.222. The van der Waals surface area contributed by atoms with Crippen LogP contribution in [0.4, 0.5) is 5.69 Å². The van der Waals surface area contributed by atoms with Crippen molar-refractivity contribution in [1.82, 2.24) is 5.32 Å². The standard InChI is InChI=1S/C18H20N2O3/c1-2-20(15-6-4-3-5-7-15)18(23)17(22)19-13-12-14-8-10-16(21)11-9-14/h3-11,21H,2,12-13H2,1H3,(H,19,22). The molecule has 0 unspecified atom stereocenters. The van der Waals surface area contributed by atoms with Crippen LogP contribution in [0.1, 0.15) is 12.5 Å². The summed E-state index contributed by atoms with van der Waals surface area (Å²) in [4.78, 5) is 25.7. The van der Waals surface area contributed by atoms with E-state index in [1.165, 1.54) is 4.90 Å². The van der Waals surface area contributed by atoms with Crippen molar-refractivity contribution in [2.24, 2.45) is 0 Å². The van der Waals surface area contributed by atoms with Crippen LogP contribution in [0, 0.1) is 0 Å². The highest BCUT2D eigenvalue weighted by Gasteiger charge is 2.21. The van der Waals surface area contributed by atoms with E-state index in [1.54, 1.807) is 36.4 Å². The number of hydrogen-bond acceptors (Lipinski definition) is 3. The summed E-state index contributed by atoms with van der Waals surface area (Å²) < 4.78 is 0. The van der Waals surface area contributed by atoms with Gasteiger partial charge in [-0.05, 0) is 43.2 Å². The van der Waals surface area contributed by atoms with Gasteiger partial charge in [-0.1, -0.05) is 30.3 Å². The molecule has 2 amide bonds. The second-order valence-electron chi connectivity index (χ2n) is 5.06. The lowest BCUT2D eigenvalue weighted by molar-refractivity contribution is -0.137. The van der Waals surface area contributed by atoms with Crippen LogP contribution in [0.3, 0.4) is 0 Å². The Labute approximate surface area is 135 Å². The molecule has 0 bridgehead atoms. The summed E-state index contributed by atoms with van der Waals surface area (Å²) in [7, 11) is 0. The minimum atomic E-state index is -0.616. The lowest BCUT2D eigenvalue weighted by atomic mass is 10.1. The number of hydrogen-bond donors (Lipinski definition) is 2. The zero-order chi connectivity index (χ0) is 16.7. The number of rotatable bonds is 5. The van der Waals surface area contributed by atoms with Crippen LogP contribution in [0.15, 0.2) is 54.6 Å². The molecule has 2 aromatic rings. The third-order valence-electron chi connectivity index (χ3n) is 3.46. The first kappa shape index (κ1) is 16.5. The van der Waals surface area contributed by atoms with Crippen LogP contribution < -0.4 is 10.2 Å². The second kappa shape index (κ2) is 7.98. The predicted octanol–water partition coefficient (Wildman–Crippen LogP) is 2.10. The smallest absolute Gasteiger partial charge is 0.316 e. The van der Waals surface area contributed by atoms with E-state index in [0.717, 1.165) is 5.56 Å². The lowest BCUT2D eigenvalue weighted by Crippen LogP contribution is -2.43. The van der Waals surface area contributed by atoms with E-state index in [4.69, 9.17) is 0 Å². The molecule has 120 valence electrons. The number of carbonyl (C=O) groups excluding carboxylic acids is 2. The first-order valence-electron chi connectivity index (χ1n) is 7.54. The van der Waals surface area contributed by atoms with Crippen molar-refractivity contribution < 1.29 is 14.7 Å². The maximum atomic E-state index is 12.2. The van der Waals surface area contributed by atoms with Gasteiger partial charge in [-0.2, -0.15) is 0 Å². The van der Waals surface area contributed by atoms with Gasteiger partial charge in [-0.15, -0.1) is 0 Å². The van der Waals surface area contributed by atoms with E-state index in [-0.39, 0.29) is 5.75 Å². The molecule has 0 atom stereocenters. The molecule has 0 aliphatic heterocycles. The van der Waals surface area contributed by atoms with Gasteiger partial charge in [0.05, 0.1) is 0 Å². The van der Waals surface area contributed by atoms with Gasteiger partial charge >= 0.3 is 11.8 Å². The van der Waals surface area contributed by atoms with Crippen LogP contribution in [0.2, 0.25) is 0 Å². The molecular weight excluding hydrogens is 292 g/mol. The van der Waals surface area contributed by atoms with Gasteiger partial charge in [0.15, 0.2) is 0 Å². The molecular formula is C18H20N2O3. The maximum Gasteiger partial charge on any atom is 0.316 e. The van der Waals surface area contributed by atoms with Gasteiger partial charge in [-0.3, -0.25) is 9.59 Å². The van der Waals surface area contributed by atoms with Gasteiger partial charge in [0.2, 0.25) is 0 Å². The van der Waals surface area contributed by atoms with Crippen molar-refractivity contribution in [3.05, 3.63) is 60.2 Å². The minimum absolute atomic E-state index is 0.203. The van der Waals surface area contributed by atoms with E-state index in [0.29, 0.717) is 25.2 Å². The van der Waals surface area contributed by atoms with E-state index in [9.17, 15) is 14.7 Å². The summed E-state index contributed by atoms with van der Waals surface area (Å²) >= 11 is 0. The van der Waals surface area contributed by atoms with Crippen molar-refractivity contribution in [2.45, 2.75) is 13.3 Å². The van der Waals surface area contributed by atoms with E-state index in [1.807, 2.05) is 25.1 Å². The van der Waals surface area contributed by atoms with Gasteiger partial charge in [0, 0.05) is 18.8 Å². The highest BCUT2D eigenvalue weighted by molar-refractivity contribution is 6.40. The topological polar surface area (TPSA) is 69.6 Å². The van der Waals surface area contributed by atoms with E-state index < -0.39 is 11.8 Å². The summed E-state index contributed by atoms with van der Waals surface area (Å²) in [5.74, 6) is -0.978. The fourth-order valence-electron chi connectivity index (χ4n) is 2.23. The summed E-state index contributed by atoms with van der Waals surface area (Å²) in [5.41, 5.74) is 1.68. The molecule has 0 radical (unpaired) electrons. The number of benzene rings is 2. The number of phenolic OH excluding ortho intramolecular Hbond substituents is 1. The largest absolute Gasteiger partial charge is 0.508 e. The Morgan fingerprint density at radius 2 is 1.70 bits per heavy atom. The maximum absolute atomic E-state index is 12.2. The second-order valence-corrected chi connectivity index (χ2v) is 5.06. The van der Waals surface area contributed by atoms with Gasteiger partial charge < -0.3 is 15.3 Å². The van der Waals surface area contributed by atoms with Crippen LogP contribution in [-0.2, 0) is 16.0 Å². The van der Waals surface area contributed by atoms with Crippen molar-refractivity contribution in [1.29, 1.82) is 0 Å². The number of likely N-dealkylation sites (N-methyl/N-ethyl adjacent to an activating group) is 1. The molecule has 0 aromatic heterocycles. The number of aromatic hydroxyl groups is 1. The van der Waals surface area contributed by atoms with Crippen molar-refractivity contribution >= 4 is 17.5 Å². The summed E-state index contributed by atoms with van der Waals surface area (Å²) in [6.07, 6.45) is 0.594. The number of nitrogens with one attached hydrogen (secondary N) is 1. The average Bonchev–Trinajstić information content (AvgIpc) is 2.58. The van der Waals surface area contributed by atoms with Crippen molar-refractivity contribution in [3.8, 4) is 5.75 Å². The molecule has 2 rings (SSSR count). The number of para-hydroxylation sites is 1. The first-order chi connectivity index (χ1) is 11.1. The minimum Gasteiger partial charge on any atom is -0.508 e. The average molecular weight is 312 g/mol. The molecule has 0 spiro atoms. The van der Waals surface area contributed by atoms with E-state index in [2.05, 4.69) is 5.32 Å². The quantitative estimate of drug-likeness (QED) is 0.831. The molecule has 2 aromatic carbocycles. The number of carbonyl (C=O) groups is 2.